The van der Waals surface area contributed by atoms with Crippen molar-refractivity contribution in [2.75, 3.05) is 13.1 Å². The maximum absolute atomic E-state index is 12.3. The second kappa shape index (κ2) is 4.41. The van der Waals surface area contributed by atoms with Crippen molar-refractivity contribution in [2.24, 2.45) is 11.8 Å². The first kappa shape index (κ1) is 11.2. The van der Waals surface area contributed by atoms with Crippen LogP contribution in [0.15, 0.2) is 0 Å². The van der Waals surface area contributed by atoms with Crippen molar-refractivity contribution in [3.63, 3.8) is 0 Å². The number of imide groups is 1. The van der Waals surface area contributed by atoms with E-state index in [2.05, 4.69) is 5.32 Å². The quantitative estimate of drug-likeness (QED) is 0.689. The fraction of sp³-hybridized carbons (Fsp3) is 0.846. The van der Waals surface area contributed by atoms with Crippen LogP contribution in [0.25, 0.3) is 0 Å². The van der Waals surface area contributed by atoms with E-state index in [4.69, 9.17) is 0 Å². The molecule has 2 heterocycles. The van der Waals surface area contributed by atoms with E-state index in [9.17, 15) is 9.59 Å². The Labute approximate surface area is 102 Å². The highest BCUT2D eigenvalue weighted by atomic mass is 16.2. The Kier molecular flexibility index (Phi) is 2.90. The van der Waals surface area contributed by atoms with Crippen LogP contribution in [0.3, 0.4) is 0 Å². The summed E-state index contributed by atoms with van der Waals surface area (Å²) in [5.41, 5.74) is 0. The summed E-state index contributed by atoms with van der Waals surface area (Å²) in [6.45, 7) is 1.86. The van der Waals surface area contributed by atoms with Crippen molar-refractivity contribution in [1.29, 1.82) is 0 Å². The molecule has 94 valence electrons. The van der Waals surface area contributed by atoms with Crippen molar-refractivity contribution in [3.8, 4) is 0 Å². The lowest BCUT2D eigenvalue weighted by Crippen LogP contribution is -2.46. The smallest absolute Gasteiger partial charge is 0.233 e. The van der Waals surface area contributed by atoms with Gasteiger partial charge in [-0.1, -0.05) is 12.8 Å². The first-order valence-corrected chi connectivity index (χ1v) is 6.86. The number of piperidine rings is 1. The summed E-state index contributed by atoms with van der Waals surface area (Å²) in [4.78, 5) is 26.3. The van der Waals surface area contributed by atoms with Crippen LogP contribution in [0.5, 0.6) is 0 Å². The number of hydrogen-bond donors (Lipinski definition) is 1. The number of hydrogen-bond acceptors (Lipinski definition) is 3. The molecule has 3 aliphatic rings. The van der Waals surface area contributed by atoms with Crippen molar-refractivity contribution in [1.82, 2.24) is 10.2 Å². The molecule has 0 aromatic carbocycles. The van der Waals surface area contributed by atoms with Gasteiger partial charge < -0.3 is 5.32 Å². The van der Waals surface area contributed by atoms with Gasteiger partial charge in [0.1, 0.15) is 0 Å². The largest absolute Gasteiger partial charge is 0.317 e. The molecule has 2 aliphatic heterocycles. The molecule has 1 saturated carbocycles. The summed E-state index contributed by atoms with van der Waals surface area (Å²) >= 11 is 0. The fourth-order valence-electron chi connectivity index (χ4n) is 3.61. The number of fused-ring (bicyclic) bond motifs is 1. The summed E-state index contributed by atoms with van der Waals surface area (Å²) in [6, 6.07) is 0.168. The van der Waals surface area contributed by atoms with E-state index >= 15 is 0 Å². The monoisotopic (exact) mass is 236 g/mol. The summed E-state index contributed by atoms with van der Waals surface area (Å²) in [6.07, 6.45) is 5.93. The third kappa shape index (κ3) is 1.79. The maximum Gasteiger partial charge on any atom is 0.233 e. The highest BCUT2D eigenvalue weighted by Crippen LogP contribution is 2.39. The molecule has 2 atom stereocenters. The first-order chi connectivity index (χ1) is 8.29. The Morgan fingerprint density at radius 1 is 0.882 bits per heavy atom. The molecule has 17 heavy (non-hydrogen) atoms. The number of rotatable bonds is 1. The molecule has 3 rings (SSSR count). The second-order valence-corrected chi connectivity index (χ2v) is 5.53. The third-order valence-corrected chi connectivity index (χ3v) is 4.55. The van der Waals surface area contributed by atoms with Crippen LogP contribution in [0.1, 0.15) is 38.5 Å². The molecule has 2 unspecified atom stereocenters. The molecular formula is C13H20N2O2. The minimum absolute atomic E-state index is 0.0196. The van der Waals surface area contributed by atoms with Gasteiger partial charge in [-0.3, -0.25) is 14.5 Å². The highest BCUT2D eigenvalue weighted by Gasteiger charge is 2.50. The van der Waals surface area contributed by atoms with E-state index in [0.29, 0.717) is 0 Å². The number of amides is 2. The normalized spacial score (nSPS) is 35.2. The van der Waals surface area contributed by atoms with Gasteiger partial charge in [-0.2, -0.15) is 0 Å². The minimum atomic E-state index is 0.0196. The molecule has 4 heteroatoms. The van der Waals surface area contributed by atoms with E-state index < -0.39 is 0 Å². The lowest BCUT2D eigenvalue weighted by atomic mass is 9.81. The summed E-state index contributed by atoms with van der Waals surface area (Å²) < 4.78 is 0. The molecule has 0 radical (unpaired) electrons. The zero-order chi connectivity index (χ0) is 11.8. The van der Waals surface area contributed by atoms with Crippen molar-refractivity contribution in [2.45, 2.75) is 44.6 Å². The maximum atomic E-state index is 12.3. The van der Waals surface area contributed by atoms with Crippen LogP contribution in [0.2, 0.25) is 0 Å². The summed E-state index contributed by atoms with van der Waals surface area (Å²) in [5.74, 6) is 0.301. The molecule has 1 aliphatic carbocycles. The molecule has 0 bridgehead atoms. The number of carbonyl (C=O) groups is 2. The van der Waals surface area contributed by atoms with Gasteiger partial charge in [-0.25, -0.2) is 0 Å². The van der Waals surface area contributed by atoms with E-state index in [1.165, 1.54) is 0 Å². The molecule has 1 N–H and O–H groups in total. The van der Waals surface area contributed by atoms with E-state index in [1.54, 1.807) is 4.90 Å². The van der Waals surface area contributed by atoms with Crippen LogP contribution in [0.4, 0.5) is 0 Å². The number of nitrogens with zero attached hydrogens (tertiary/aromatic N) is 1. The molecule has 0 spiro atoms. The van der Waals surface area contributed by atoms with E-state index in [0.717, 1.165) is 51.6 Å². The Bertz CT molecular complexity index is 312. The first-order valence-electron chi connectivity index (χ1n) is 6.86. The third-order valence-electron chi connectivity index (χ3n) is 4.55. The predicted octanol–water partition coefficient (Wildman–Crippen LogP) is 0.914. The van der Waals surface area contributed by atoms with E-state index in [-0.39, 0.29) is 29.7 Å². The van der Waals surface area contributed by atoms with Crippen molar-refractivity contribution < 1.29 is 9.59 Å². The van der Waals surface area contributed by atoms with Gasteiger partial charge in [0, 0.05) is 6.04 Å². The molecular weight excluding hydrogens is 216 g/mol. The van der Waals surface area contributed by atoms with Crippen LogP contribution in [-0.2, 0) is 9.59 Å². The zero-order valence-corrected chi connectivity index (χ0v) is 10.2. The summed E-state index contributed by atoms with van der Waals surface area (Å²) in [7, 11) is 0. The molecule has 0 aromatic rings. The molecule has 0 aromatic heterocycles. The predicted molar refractivity (Wildman–Crippen MR) is 63.2 cm³/mol. The highest BCUT2D eigenvalue weighted by molar-refractivity contribution is 6.05. The topological polar surface area (TPSA) is 49.4 Å². The SMILES string of the molecule is O=C1C2CCCCC2C(=O)N1C1CCNCC1. The number of likely N-dealkylation sites (tertiary alicyclic amines) is 1. The van der Waals surface area contributed by atoms with Crippen LogP contribution in [0, 0.1) is 11.8 Å². The van der Waals surface area contributed by atoms with Gasteiger partial charge in [0.15, 0.2) is 0 Å². The lowest BCUT2D eigenvalue weighted by molar-refractivity contribution is -0.143. The van der Waals surface area contributed by atoms with Gasteiger partial charge >= 0.3 is 0 Å². The van der Waals surface area contributed by atoms with Crippen LogP contribution >= 0.6 is 0 Å². The van der Waals surface area contributed by atoms with Crippen molar-refractivity contribution >= 4 is 11.8 Å². The average Bonchev–Trinajstić information content (AvgIpc) is 2.64. The molecule has 3 fully saturated rings. The molecule has 4 nitrogen and oxygen atoms in total. The zero-order valence-electron chi connectivity index (χ0n) is 10.2. The minimum Gasteiger partial charge on any atom is -0.317 e. The Balaban J connectivity index is 1.80. The Morgan fingerprint density at radius 2 is 1.41 bits per heavy atom. The number of carbonyl (C=O) groups excluding carboxylic acids is 2. The molecule has 2 amide bonds. The standard InChI is InChI=1S/C13H20N2O2/c16-12-10-3-1-2-4-11(10)13(17)15(12)9-5-7-14-8-6-9/h9-11,14H,1-8H2. The second-order valence-electron chi connectivity index (χ2n) is 5.53. The fourth-order valence-corrected chi connectivity index (χ4v) is 3.61. The van der Waals surface area contributed by atoms with Gasteiger partial charge in [-0.05, 0) is 38.8 Å². The molecule has 2 saturated heterocycles. The Morgan fingerprint density at radius 3 is 1.94 bits per heavy atom. The van der Waals surface area contributed by atoms with Crippen LogP contribution in [-0.4, -0.2) is 35.8 Å². The van der Waals surface area contributed by atoms with E-state index in [1.807, 2.05) is 0 Å². The van der Waals surface area contributed by atoms with Gasteiger partial charge in [-0.15, -0.1) is 0 Å². The van der Waals surface area contributed by atoms with Gasteiger partial charge in [0.2, 0.25) is 11.8 Å². The van der Waals surface area contributed by atoms with Gasteiger partial charge in [0.25, 0.3) is 0 Å². The summed E-state index contributed by atoms with van der Waals surface area (Å²) in [5, 5.41) is 3.28. The lowest BCUT2D eigenvalue weighted by Gasteiger charge is -2.30. The Hall–Kier alpha value is -0.900. The van der Waals surface area contributed by atoms with Crippen LogP contribution < -0.4 is 5.32 Å². The van der Waals surface area contributed by atoms with Crippen molar-refractivity contribution in [3.05, 3.63) is 0 Å². The average molecular weight is 236 g/mol. The number of nitrogens with one attached hydrogen (secondary N) is 1. The van der Waals surface area contributed by atoms with Gasteiger partial charge in [0.05, 0.1) is 11.8 Å².